The van der Waals surface area contributed by atoms with Crippen LogP contribution in [0.15, 0.2) is 23.2 Å². The molecule has 1 atom stereocenters. The molecule has 1 aromatic heterocycles. The van der Waals surface area contributed by atoms with Gasteiger partial charge in [0.25, 0.3) is 0 Å². The van der Waals surface area contributed by atoms with Crippen LogP contribution in [0.3, 0.4) is 0 Å². The first-order chi connectivity index (χ1) is 6.76. The lowest BCUT2D eigenvalue weighted by molar-refractivity contribution is 0.905. The number of rotatable bonds is 5. The summed E-state index contributed by atoms with van der Waals surface area (Å²) < 4.78 is 0. The number of pyridine rings is 1. The summed E-state index contributed by atoms with van der Waals surface area (Å²) in [5.41, 5.74) is 0. The maximum Gasteiger partial charge on any atom is 0.126 e. The first kappa shape index (κ1) is 11.4. The van der Waals surface area contributed by atoms with Gasteiger partial charge in [0.05, 0.1) is 0 Å². The van der Waals surface area contributed by atoms with Crippen LogP contribution < -0.4 is 5.32 Å². The minimum atomic E-state index is 0.673. The maximum absolute atomic E-state index is 4.24. The van der Waals surface area contributed by atoms with Crippen molar-refractivity contribution in [3.63, 3.8) is 0 Å². The molecule has 0 aromatic carbocycles. The molecule has 3 heteroatoms. The van der Waals surface area contributed by atoms with Crippen LogP contribution in [0.1, 0.15) is 27.2 Å². The number of hydrogen-bond donors (Lipinski definition) is 1. The SMILES string of the molecule is CCNc1cc(SC(C)CC)ccn1. The topological polar surface area (TPSA) is 24.9 Å². The quantitative estimate of drug-likeness (QED) is 0.754. The third-order valence-electron chi connectivity index (χ3n) is 2.00. The standard InChI is InChI=1S/C11H18N2S/c1-4-9(3)14-10-6-7-13-11(8-10)12-5-2/h6-9H,4-5H2,1-3H3,(H,12,13). The fourth-order valence-corrected chi connectivity index (χ4v) is 2.03. The second-order valence-electron chi connectivity index (χ2n) is 3.24. The molecule has 0 saturated heterocycles. The highest BCUT2D eigenvalue weighted by Crippen LogP contribution is 2.25. The van der Waals surface area contributed by atoms with Gasteiger partial charge >= 0.3 is 0 Å². The van der Waals surface area contributed by atoms with Gasteiger partial charge in [-0.15, -0.1) is 11.8 Å². The van der Waals surface area contributed by atoms with E-state index in [1.807, 2.05) is 18.0 Å². The van der Waals surface area contributed by atoms with Gasteiger partial charge in [-0.2, -0.15) is 0 Å². The first-order valence-electron chi connectivity index (χ1n) is 5.12. The van der Waals surface area contributed by atoms with Crippen LogP contribution >= 0.6 is 11.8 Å². The fraction of sp³-hybridized carbons (Fsp3) is 0.545. The summed E-state index contributed by atoms with van der Waals surface area (Å²) in [5, 5.41) is 3.89. The van der Waals surface area contributed by atoms with E-state index in [2.05, 4.69) is 43.2 Å². The van der Waals surface area contributed by atoms with Crippen LogP contribution in [0.4, 0.5) is 5.82 Å². The monoisotopic (exact) mass is 210 g/mol. The minimum Gasteiger partial charge on any atom is -0.370 e. The molecule has 0 fully saturated rings. The predicted octanol–water partition coefficient (Wildman–Crippen LogP) is 3.40. The smallest absolute Gasteiger partial charge is 0.126 e. The summed E-state index contributed by atoms with van der Waals surface area (Å²) in [7, 11) is 0. The summed E-state index contributed by atoms with van der Waals surface area (Å²) in [6.45, 7) is 7.46. The molecule has 78 valence electrons. The van der Waals surface area contributed by atoms with Gasteiger partial charge in [-0.05, 0) is 25.5 Å². The van der Waals surface area contributed by atoms with Crippen LogP contribution in [0.25, 0.3) is 0 Å². The minimum absolute atomic E-state index is 0.673. The van der Waals surface area contributed by atoms with Crippen molar-refractivity contribution in [1.82, 2.24) is 4.98 Å². The van der Waals surface area contributed by atoms with E-state index < -0.39 is 0 Å². The van der Waals surface area contributed by atoms with Gasteiger partial charge in [-0.3, -0.25) is 0 Å². The normalized spacial score (nSPS) is 12.5. The van der Waals surface area contributed by atoms with Crippen LogP contribution in [0.2, 0.25) is 0 Å². The molecule has 1 N–H and O–H groups in total. The van der Waals surface area contributed by atoms with Crippen molar-refractivity contribution in [3.05, 3.63) is 18.3 Å². The first-order valence-corrected chi connectivity index (χ1v) is 6.00. The zero-order valence-corrected chi connectivity index (χ0v) is 9.90. The third kappa shape index (κ3) is 3.58. The molecule has 0 aliphatic heterocycles. The molecule has 0 aliphatic carbocycles. The number of thioether (sulfide) groups is 1. The van der Waals surface area contributed by atoms with Gasteiger partial charge in [-0.25, -0.2) is 4.98 Å². The Morgan fingerprint density at radius 2 is 2.29 bits per heavy atom. The Labute approximate surface area is 90.5 Å². The largest absolute Gasteiger partial charge is 0.370 e. The summed E-state index contributed by atoms with van der Waals surface area (Å²) in [6.07, 6.45) is 3.06. The van der Waals surface area contributed by atoms with E-state index in [4.69, 9.17) is 0 Å². The molecule has 14 heavy (non-hydrogen) atoms. The molecule has 0 spiro atoms. The average molecular weight is 210 g/mol. The lowest BCUT2D eigenvalue weighted by Gasteiger charge is -2.09. The van der Waals surface area contributed by atoms with Crippen LogP contribution in [0.5, 0.6) is 0 Å². The Morgan fingerprint density at radius 3 is 2.93 bits per heavy atom. The number of nitrogens with one attached hydrogen (secondary N) is 1. The van der Waals surface area contributed by atoms with E-state index in [0.717, 1.165) is 12.4 Å². The molecule has 0 amide bonds. The van der Waals surface area contributed by atoms with Crippen LogP contribution in [-0.4, -0.2) is 16.8 Å². The Balaban J connectivity index is 2.63. The molecule has 0 aliphatic rings. The number of hydrogen-bond acceptors (Lipinski definition) is 3. The van der Waals surface area contributed by atoms with Gasteiger partial charge in [-0.1, -0.05) is 13.8 Å². The van der Waals surface area contributed by atoms with Gasteiger partial charge in [0, 0.05) is 22.9 Å². The van der Waals surface area contributed by atoms with E-state index in [1.54, 1.807) is 0 Å². The average Bonchev–Trinajstić information content (AvgIpc) is 2.19. The molecule has 2 nitrogen and oxygen atoms in total. The fourth-order valence-electron chi connectivity index (χ4n) is 1.08. The molecule has 1 heterocycles. The Kier molecular flexibility index (Phi) is 4.80. The summed E-state index contributed by atoms with van der Waals surface area (Å²) >= 11 is 1.90. The maximum atomic E-state index is 4.24. The summed E-state index contributed by atoms with van der Waals surface area (Å²) in [5.74, 6) is 0.973. The summed E-state index contributed by atoms with van der Waals surface area (Å²) in [4.78, 5) is 5.53. The highest BCUT2D eigenvalue weighted by atomic mass is 32.2. The van der Waals surface area contributed by atoms with E-state index in [9.17, 15) is 0 Å². The third-order valence-corrected chi connectivity index (χ3v) is 3.26. The lowest BCUT2D eigenvalue weighted by atomic mass is 10.4. The number of aromatic nitrogens is 1. The zero-order chi connectivity index (χ0) is 10.4. The zero-order valence-electron chi connectivity index (χ0n) is 9.08. The van der Waals surface area contributed by atoms with Crippen molar-refractivity contribution >= 4 is 17.6 Å². The highest BCUT2D eigenvalue weighted by molar-refractivity contribution is 7.99. The second kappa shape index (κ2) is 5.91. The van der Waals surface area contributed by atoms with E-state index in [0.29, 0.717) is 5.25 Å². The molecular formula is C11H18N2S. The number of anilines is 1. The summed E-state index contributed by atoms with van der Waals surface area (Å²) in [6, 6.07) is 4.18. The van der Waals surface area contributed by atoms with Crippen LogP contribution in [-0.2, 0) is 0 Å². The second-order valence-corrected chi connectivity index (χ2v) is 4.76. The van der Waals surface area contributed by atoms with Gasteiger partial charge in [0.1, 0.15) is 5.82 Å². The predicted molar refractivity (Wildman–Crippen MR) is 64.0 cm³/mol. The molecular weight excluding hydrogens is 192 g/mol. The molecule has 0 bridgehead atoms. The van der Waals surface area contributed by atoms with Crippen molar-refractivity contribution in [3.8, 4) is 0 Å². The van der Waals surface area contributed by atoms with Crippen LogP contribution in [0, 0.1) is 0 Å². The van der Waals surface area contributed by atoms with Crippen molar-refractivity contribution in [2.24, 2.45) is 0 Å². The van der Waals surface area contributed by atoms with E-state index in [-0.39, 0.29) is 0 Å². The Hall–Kier alpha value is -0.700. The molecule has 0 radical (unpaired) electrons. The molecule has 1 unspecified atom stereocenters. The van der Waals surface area contributed by atoms with Gasteiger partial charge < -0.3 is 5.32 Å². The van der Waals surface area contributed by atoms with E-state index >= 15 is 0 Å². The Bertz CT molecular complexity index is 276. The van der Waals surface area contributed by atoms with Crippen molar-refractivity contribution in [2.45, 2.75) is 37.3 Å². The highest BCUT2D eigenvalue weighted by Gasteiger charge is 2.02. The van der Waals surface area contributed by atoms with Crippen molar-refractivity contribution < 1.29 is 0 Å². The molecule has 0 saturated carbocycles. The van der Waals surface area contributed by atoms with Crippen molar-refractivity contribution in [1.29, 1.82) is 0 Å². The molecule has 1 aromatic rings. The lowest BCUT2D eigenvalue weighted by Crippen LogP contribution is -1.99. The number of nitrogens with zero attached hydrogens (tertiary/aromatic N) is 1. The molecule has 1 rings (SSSR count). The van der Waals surface area contributed by atoms with Gasteiger partial charge in [0.2, 0.25) is 0 Å². The van der Waals surface area contributed by atoms with Crippen molar-refractivity contribution in [2.75, 3.05) is 11.9 Å². The van der Waals surface area contributed by atoms with Gasteiger partial charge in [0.15, 0.2) is 0 Å². The Morgan fingerprint density at radius 1 is 1.50 bits per heavy atom. The van der Waals surface area contributed by atoms with E-state index in [1.165, 1.54) is 11.3 Å².